The Hall–Kier alpha value is -2.00. The average molecular weight is 354 g/mol. The second kappa shape index (κ2) is 6.72. The number of nitrogens with one attached hydrogen (secondary N) is 1. The number of fused-ring (bicyclic) bond motifs is 1. The van der Waals surface area contributed by atoms with Crippen molar-refractivity contribution >= 4 is 23.1 Å². The lowest BCUT2D eigenvalue weighted by Gasteiger charge is -2.24. The molecule has 1 saturated carbocycles. The number of benzene rings is 1. The van der Waals surface area contributed by atoms with Crippen LogP contribution in [0.25, 0.3) is 16.9 Å². The molecule has 1 fully saturated rings. The van der Waals surface area contributed by atoms with E-state index < -0.39 is 0 Å². The van der Waals surface area contributed by atoms with Gasteiger partial charge in [0.1, 0.15) is 17.2 Å². The predicted octanol–water partition coefficient (Wildman–Crippen LogP) is 6.02. The van der Waals surface area contributed by atoms with Crippen LogP contribution in [0.5, 0.6) is 0 Å². The predicted molar refractivity (Wildman–Crippen MR) is 106 cm³/mol. The van der Waals surface area contributed by atoms with Crippen LogP contribution in [0.4, 0.5) is 5.82 Å². The van der Waals surface area contributed by atoms with Crippen molar-refractivity contribution in [3.05, 3.63) is 52.7 Å². The zero-order valence-corrected chi connectivity index (χ0v) is 15.6. The Morgan fingerprint density at radius 1 is 1.04 bits per heavy atom. The Labute approximate surface area is 154 Å². The third kappa shape index (κ3) is 3.02. The van der Waals surface area contributed by atoms with E-state index in [1.807, 2.05) is 18.2 Å². The van der Waals surface area contributed by atoms with Gasteiger partial charge in [0.15, 0.2) is 0 Å². The third-order valence-corrected chi connectivity index (χ3v) is 5.70. The largest absolute Gasteiger partial charge is 0.367 e. The molecular formula is C21H24ClN3. The summed E-state index contributed by atoms with van der Waals surface area (Å²) in [6.45, 7) is 4.31. The fraction of sp³-hybridized carbons (Fsp3) is 0.381. The smallest absolute Gasteiger partial charge is 0.139 e. The highest BCUT2D eigenvalue weighted by Gasteiger charge is 2.21. The summed E-state index contributed by atoms with van der Waals surface area (Å²) < 4.78 is 2.25. The fourth-order valence-corrected chi connectivity index (χ4v) is 4.03. The van der Waals surface area contributed by atoms with E-state index in [9.17, 15) is 0 Å². The molecule has 1 aromatic carbocycles. The standard InChI is InChI=1S/C21H24ClN3/c1-14-12-13-19-24-20(17-10-6-7-11-18(17)22)21(25(19)15(14)2)23-16-8-4-3-5-9-16/h6-7,10-13,16,23H,3-5,8-9H2,1-2H3. The van der Waals surface area contributed by atoms with E-state index in [0.717, 1.165) is 27.7 Å². The quantitative estimate of drug-likeness (QED) is 0.624. The second-order valence-electron chi connectivity index (χ2n) is 7.06. The number of hydrogen-bond acceptors (Lipinski definition) is 2. The van der Waals surface area contributed by atoms with Crippen molar-refractivity contribution in [3.8, 4) is 11.3 Å². The van der Waals surface area contributed by atoms with Crippen LogP contribution in [0.2, 0.25) is 5.02 Å². The number of imidazole rings is 1. The van der Waals surface area contributed by atoms with Crippen molar-refractivity contribution in [1.82, 2.24) is 9.38 Å². The minimum Gasteiger partial charge on any atom is -0.367 e. The summed E-state index contributed by atoms with van der Waals surface area (Å²) in [6, 6.07) is 12.7. The molecule has 4 heteroatoms. The van der Waals surface area contributed by atoms with Gasteiger partial charge in [-0.15, -0.1) is 0 Å². The number of aromatic nitrogens is 2. The molecule has 4 rings (SSSR count). The lowest BCUT2D eigenvalue weighted by Crippen LogP contribution is -2.23. The maximum atomic E-state index is 6.50. The molecule has 0 radical (unpaired) electrons. The Balaban J connectivity index is 1.90. The van der Waals surface area contributed by atoms with Crippen LogP contribution in [0.1, 0.15) is 43.4 Å². The number of hydrogen-bond donors (Lipinski definition) is 1. The van der Waals surface area contributed by atoms with E-state index >= 15 is 0 Å². The molecule has 0 unspecified atom stereocenters. The number of aryl methyl sites for hydroxylation is 2. The number of halogens is 1. The second-order valence-corrected chi connectivity index (χ2v) is 7.47. The van der Waals surface area contributed by atoms with Crippen LogP contribution in [0, 0.1) is 13.8 Å². The molecule has 1 N–H and O–H groups in total. The maximum Gasteiger partial charge on any atom is 0.139 e. The normalized spacial score (nSPS) is 15.6. The Morgan fingerprint density at radius 3 is 2.56 bits per heavy atom. The zero-order valence-electron chi connectivity index (χ0n) is 14.8. The van der Waals surface area contributed by atoms with Crippen LogP contribution in [-0.4, -0.2) is 15.4 Å². The molecule has 1 aliphatic rings. The van der Waals surface area contributed by atoms with Crippen LogP contribution in [0.3, 0.4) is 0 Å². The van der Waals surface area contributed by atoms with Gasteiger partial charge in [-0.3, -0.25) is 4.40 Å². The van der Waals surface area contributed by atoms with Crippen LogP contribution < -0.4 is 5.32 Å². The molecule has 1 aliphatic carbocycles. The number of rotatable bonds is 3. The molecule has 0 atom stereocenters. The summed E-state index contributed by atoms with van der Waals surface area (Å²) >= 11 is 6.50. The number of nitrogens with zero attached hydrogens (tertiary/aromatic N) is 2. The first-order chi connectivity index (χ1) is 12.1. The molecule has 0 bridgehead atoms. The summed E-state index contributed by atoms with van der Waals surface area (Å²) in [4.78, 5) is 4.93. The lowest BCUT2D eigenvalue weighted by molar-refractivity contribution is 0.461. The summed E-state index contributed by atoms with van der Waals surface area (Å²) in [6.07, 6.45) is 6.39. The van der Waals surface area contributed by atoms with Gasteiger partial charge in [0.05, 0.1) is 5.02 Å². The minimum atomic E-state index is 0.509. The van der Waals surface area contributed by atoms with Crippen molar-refractivity contribution in [1.29, 1.82) is 0 Å². The van der Waals surface area contributed by atoms with Gasteiger partial charge >= 0.3 is 0 Å². The number of anilines is 1. The van der Waals surface area contributed by atoms with Gasteiger partial charge < -0.3 is 5.32 Å². The summed E-state index contributed by atoms with van der Waals surface area (Å²) in [7, 11) is 0. The zero-order chi connectivity index (χ0) is 17.4. The first kappa shape index (κ1) is 16.5. The monoisotopic (exact) mass is 353 g/mol. The van der Waals surface area contributed by atoms with Gasteiger partial charge in [-0.25, -0.2) is 4.98 Å². The first-order valence-electron chi connectivity index (χ1n) is 9.15. The van der Waals surface area contributed by atoms with Crippen molar-refractivity contribution < 1.29 is 0 Å². The van der Waals surface area contributed by atoms with Crippen LogP contribution in [0.15, 0.2) is 36.4 Å². The minimum absolute atomic E-state index is 0.509. The Bertz CT molecular complexity index is 907. The van der Waals surface area contributed by atoms with Gasteiger partial charge in [-0.05, 0) is 44.4 Å². The number of pyridine rings is 1. The third-order valence-electron chi connectivity index (χ3n) is 5.37. The van der Waals surface area contributed by atoms with Crippen molar-refractivity contribution in [2.45, 2.75) is 52.0 Å². The SMILES string of the molecule is Cc1ccc2nc(-c3ccccc3Cl)c(NC3CCCCC3)n2c1C. The molecule has 2 aromatic heterocycles. The molecule has 0 amide bonds. The maximum absolute atomic E-state index is 6.50. The molecular weight excluding hydrogens is 330 g/mol. The van der Waals surface area contributed by atoms with Crippen molar-refractivity contribution in [2.75, 3.05) is 5.32 Å². The summed E-state index contributed by atoms with van der Waals surface area (Å²) in [5, 5.41) is 4.55. The molecule has 3 aromatic rings. The topological polar surface area (TPSA) is 29.3 Å². The van der Waals surface area contributed by atoms with E-state index in [1.165, 1.54) is 43.4 Å². The van der Waals surface area contributed by atoms with E-state index in [0.29, 0.717) is 6.04 Å². The van der Waals surface area contributed by atoms with E-state index in [-0.39, 0.29) is 0 Å². The molecule has 0 saturated heterocycles. The van der Waals surface area contributed by atoms with E-state index in [4.69, 9.17) is 16.6 Å². The van der Waals surface area contributed by atoms with Crippen molar-refractivity contribution in [3.63, 3.8) is 0 Å². The van der Waals surface area contributed by atoms with Gasteiger partial charge in [0.25, 0.3) is 0 Å². The fourth-order valence-electron chi connectivity index (χ4n) is 3.80. The molecule has 0 aliphatic heterocycles. The highest BCUT2D eigenvalue weighted by atomic mass is 35.5. The molecule has 3 nitrogen and oxygen atoms in total. The van der Waals surface area contributed by atoms with Crippen molar-refractivity contribution in [2.24, 2.45) is 0 Å². The van der Waals surface area contributed by atoms with Gasteiger partial charge in [0.2, 0.25) is 0 Å². The van der Waals surface area contributed by atoms with E-state index in [1.54, 1.807) is 0 Å². The molecule has 0 spiro atoms. The van der Waals surface area contributed by atoms with Crippen LogP contribution >= 0.6 is 11.6 Å². The summed E-state index contributed by atoms with van der Waals surface area (Å²) in [5.74, 6) is 1.08. The highest BCUT2D eigenvalue weighted by Crippen LogP contribution is 2.36. The average Bonchev–Trinajstić information content (AvgIpc) is 2.98. The lowest BCUT2D eigenvalue weighted by atomic mass is 9.95. The molecule has 25 heavy (non-hydrogen) atoms. The van der Waals surface area contributed by atoms with Crippen LogP contribution in [-0.2, 0) is 0 Å². The van der Waals surface area contributed by atoms with Gasteiger partial charge in [0, 0.05) is 17.3 Å². The summed E-state index contributed by atoms with van der Waals surface area (Å²) in [5.41, 5.74) is 5.40. The Morgan fingerprint density at radius 2 is 1.80 bits per heavy atom. The molecule has 2 heterocycles. The van der Waals surface area contributed by atoms with Gasteiger partial charge in [-0.1, -0.05) is 55.1 Å². The molecule has 130 valence electrons. The highest BCUT2D eigenvalue weighted by molar-refractivity contribution is 6.33. The first-order valence-corrected chi connectivity index (χ1v) is 9.53. The van der Waals surface area contributed by atoms with Gasteiger partial charge in [-0.2, -0.15) is 0 Å². The Kier molecular flexibility index (Phi) is 4.43. The van der Waals surface area contributed by atoms with E-state index in [2.05, 4.69) is 41.8 Å².